The maximum absolute atomic E-state index is 11.5. The third-order valence-electron chi connectivity index (χ3n) is 2.69. The van der Waals surface area contributed by atoms with E-state index in [-0.39, 0.29) is 12.3 Å². The lowest BCUT2D eigenvalue weighted by molar-refractivity contribution is -0.137. The maximum Gasteiger partial charge on any atom is 0.303 e. The van der Waals surface area contributed by atoms with Gasteiger partial charge in [-0.05, 0) is 24.5 Å². The number of aryl methyl sites for hydroxylation is 1. The zero-order valence-corrected chi connectivity index (χ0v) is 9.03. The molecule has 1 aromatic carbocycles. The van der Waals surface area contributed by atoms with Gasteiger partial charge in [-0.3, -0.25) is 19.7 Å². The molecule has 0 unspecified atom stereocenters. The Balaban J connectivity index is 2.22. The Morgan fingerprint density at radius 1 is 1.24 bits per heavy atom. The van der Waals surface area contributed by atoms with Gasteiger partial charge in [-0.2, -0.15) is 0 Å². The average molecular weight is 233 g/mol. The van der Waals surface area contributed by atoms with E-state index >= 15 is 0 Å². The van der Waals surface area contributed by atoms with Crippen molar-refractivity contribution < 1.29 is 19.5 Å². The van der Waals surface area contributed by atoms with E-state index in [1.165, 1.54) is 0 Å². The van der Waals surface area contributed by atoms with E-state index in [0.717, 1.165) is 5.56 Å². The highest BCUT2D eigenvalue weighted by Gasteiger charge is 2.28. The molecule has 0 radical (unpaired) electrons. The highest BCUT2D eigenvalue weighted by atomic mass is 16.4. The summed E-state index contributed by atoms with van der Waals surface area (Å²) in [7, 11) is 0. The van der Waals surface area contributed by atoms with Gasteiger partial charge >= 0.3 is 5.97 Å². The molecule has 2 amide bonds. The van der Waals surface area contributed by atoms with Gasteiger partial charge in [0.05, 0.1) is 11.1 Å². The summed E-state index contributed by atoms with van der Waals surface area (Å²) in [6.07, 6.45) is 0.989. The monoisotopic (exact) mass is 233 g/mol. The van der Waals surface area contributed by atoms with Crippen molar-refractivity contribution in [3.8, 4) is 0 Å². The number of fused-ring (bicyclic) bond motifs is 1. The third-order valence-corrected chi connectivity index (χ3v) is 2.69. The number of benzene rings is 1. The minimum absolute atomic E-state index is 0.0548. The highest BCUT2D eigenvalue weighted by molar-refractivity contribution is 6.22. The summed E-state index contributed by atoms with van der Waals surface area (Å²) in [4.78, 5) is 33.3. The van der Waals surface area contributed by atoms with Gasteiger partial charge in [0.2, 0.25) is 0 Å². The molecule has 0 fully saturated rings. The van der Waals surface area contributed by atoms with E-state index in [1.54, 1.807) is 18.2 Å². The van der Waals surface area contributed by atoms with Gasteiger partial charge in [0, 0.05) is 6.42 Å². The molecule has 0 bridgehead atoms. The van der Waals surface area contributed by atoms with E-state index in [4.69, 9.17) is 5.11 Å². The van der Waals surface area contributed by atoms with Gasteiger partial charge in [-0.1, -0.05) is 12.1 Å². The van der Waals surface area contributed by atoms with Crippen molar-refractivity contribution in [3.05, 3.63) is 34.9 Å². The SMILES string of the molecule is O=C(O)CCCc1cccc2c1C(=O)NC2=O. The van der Waals surface area contributed by atoms with Gasteiger partial charge in [0.25, 0.3) is 11.8 Å². The second-order valence-corrected chi connectivity index (χ2v) is 3.87. The molecule has 2 rings (SSSR count). The minimum atomic E-state index is -0.863. The summed E-state index contributed by atoms with van der Waals surface area (Å²) in [5.74, 6) is -1.64. The summed E-state index contributed by atoms with van der Waals surface area (Å²) in [6.45, 7) is 0. The van der Waals surface area contributed by atoms with Crippen molar-refractivity contribution in [2.24, 2.45) is 0 Å². The Labute approximate surface area is 97.4 Å². The minimum Gasteiger partial charge on any atom is -0.481 e. The van der Waals surface area contributed by atoms with Crippen LogP contribution in [0.5, 0.6) is 0 Å². The van der Waals surface area contributed by atoms with Crippen LogP contribution in [0.4, 0.5) is 0 Å². The maximum atomic E-state index is 11.5. The predicted molar refractivity (Wildman–Crippen MR) is 58.8 cm³/mol. The Bertz CT molecular complexity index is 507. The molecule has 0 atom stereocenters. The zero-order chi connectivity index (χ0) is 12.4. The standard InChI is InChI=1S/C12H11NO4/c14-9(15)6-2-4-7-3-1-5-8-10(7)12(17)13-11(8)16/h1,3,5H,2,4,6H2,(H,14,15)(H,13,16,17). The first-order valence-electron chi connectivity index (χ1n) is 5.29. The van der Waals surface area contributed by atoms with Crippen LogP contribution in [0, 0.1) is 0 Å². The fraction of sp³-hybridized carbons (Fsp3) is 0.250. The second-order valence-electron chi connectivity index (χ2n) is 3.87. The van der Waals surface area contributed by atoms with Crippen LogP contribution in [0.1, 0.15) is 39.1 Å². The molecule has 5 nitrogen and oxygen atoms in total. The lowest BCUT2D eigenvalue weighted by Crippen LogP contribution is -2.20. The van der Waals surface area contributed by atoms with Crippen LogP contribution in [0.3, 0.4) is 0 Å². The molecule has 0 aliphatic carbocycles. The van der Waals surface area contributed by atoms with Crippen LogP contribution in [-0.4, -0.2) is 22.9 Å². The van der Waals surface area contributed by atoms with Gasteiger partial charge < -0.3 is 5.11 Å². The lowest BCUT2D eigenvalue weighted by Gasteiger charge is -2.04. The number of imide groups is 1. The molecule has 1 heterocycles. The van der Waals surface area contributed by atoms with Gasteiger partial charge in [0.15, 0.2) is 0 Å². The van der Waals surface area contributed by atoms with Crippen molar-refractivity contribution in [1.29, 1.82) is 0 Å². The zero-order valence-electron chi connectivity index (χ0n) is 9.03. The molecule has 0 saturated heterocycles. The van der Waals surface area contributed by atoms with E-state index in [1.807, 2.05) is 0 Å². The number of hydrogen-bond acceptors (Lipinski definition) is 3. The molecule has 17 heavy (non-hydrogen) atoms. The number of carboxylic acid groups (broad SMARTS) is 1. The van der Waals surface area contributed by atoms with E-state index in [0.29, 0.717) is 24.0 Å². The normalized spacial score (nSPS) is 13.4. The quantitative estimate of drug-likeness (QED) is 0.759. The number of carboxylic acids is 1. The van der Waals surface area contributed by atoms with E-state index in [2.05, 4.69) is 5.32 Å². The molecule has 2 N–H and O–H groups in total. The molecule has 1 aromatic rings. The lowest BCUT2D eigenvalue weighted by atomic mass is 9.98. The second kappa shape index (κ2) is 4.37. The third kappa shape index (κ3) is 2.18. The van der Waals surface area contributed by atoms with Crippen molar-refractivity contribution in [2.45, 2.75) is 19.3 Å². The summed E-state index contributed by atoms with van der Waals surface area (Å²) < 4.78 is 0. The molecule has 5 heteroatoms. The average Bonchev–Trinajstić information content (AvgIpc) is 2.55. The van der Waals surface area contributed by atoms with Crippen molar-refractivity contribution in [2.75, 3.05) is 0 Å². The van der Waals surface area contributed by atoms with Crippen molar-refractivity contribution >= 4 is 17.8 Å². The van der Waals surface area contributed by atoms with Crippen LogP contribution in [0.2, 0.25) is 0 Å². The highest BCUT2D eigenvalue weighted by Crippen LogP contribution is 2.21. The Morgan fingerprint density at radius 3 is 2.71 bits per heavy atom. The van der Waals surface area contributed by atoms with Crippen LogP contribution < -0.4 is 5.32 Å². The van der Waals surface area contributed by atoms with Crippen molar-refractivity contribution in [1.82, 2.24) is 5.32 Å². The molecule has 0 saturated carbocycles. The number of rotatable bonds is 4. The molecule has 88 valence electrons. The summed E-state index contributed by atoms with van der Waals surface area (Å²) in [5, 5.41) is 10.8. The topological polar surface area (TPSA) is 83.5 Å². The summed E-state index contributed by atoms with van der Waals surface area (Å²) >= 11 is 0. The number of nitrogens with one attached hydrogen (secondary N) is 1. The molecular formula is C12H11NO4. The summed E-state index contributed by atoms with van der Waals surface area (Å²) in [5.41, 5.74) is 1.50. The molecule has 1 aliphatic heterocycles. The van der Waals surface area contributed by atoms with Gasteiger partial charge in [0.1, 0.15) is 0 Å². The van der Waals surface area contributed by atoms with Crippen LogP contribution in [0.25, 0.3) is 0 Å². The Hall–Kier alpha value is -2.17. The van der Waals surface area contributed by atoms with Crippen LogP contribution >= 0.6 is 0 Å². The van der Waals surface area contributed by atoms with E-state index < -0.39 is 11.9 Å². The van der Waals surface area contributed by atoms with Gasteiger partial charge in [-0.15, -0.1) is 0 Å². The number of aliphatic carboxylic acids is 1. The molecule has 1 aliphatic rings. The smallest absolute Gasteiger partial charge is 0.303 e. The van der Waals surface area contributed by atoms with Gasteiger partial charge in [-0.25, -0.2) is 0 Å². The first-order chi connectivity index (χ1) is 8.09. The van der Waals surface area contributed by atoms with Crippen LogP contribution in [0.15, 0.2) is 18.2 Å². The number of hydrogen-bond donors (Lipinski definition) is 2. The van der Waals surface area contributed by atoms with E-state index in [9.17, 15) is 14.4 Å². The number of carbonyl (C=O) groups excluding carboxylic acids is 2. The Morgan fingerprint density at radius 2 is 2.00 bits per heavy atom. The molecular weight excluding hydrogens is 222 g/mol. The van der Waals surface area contributed by atoms with Crippen molar-refractivity contribution in [3.63, 3.8) is 0 Å². The molecule has 0 aromatic heterocycles. The predicted octanol–water partition coefficient (Wildman–Crippen LogP) is 0.978. The first-order valence-corrected chi connectivity index (χ1v) is 5.29. The summed E-state index contributed by atoms with van der Waals surface area (Å²) in [6, 6.07) is 5.04. The fourth-order valence-corrected chi connectivity index (χ4v) is 1.93. The molecule has 0 spiro atoms. The number of amides is 2. The van der Waals surface area contributed by atoms with Crippen LogP contribution in [-0.2, 0) is 11.2 Å². The Kier molecular flexibility index (Phi) is 2.91. The fourth-order valence-electron chi connectivity index (χ4n) is 1.93. The first kappa shape index (κ1) is 11.3. The largest absolute Gasteiger partial charge is 0.481 e. The number of carbonyl (C=O) groups is 3.